The minimum atomic E-state index is -4.43. The van der Waals surface area contributed by atoms with Gasteiger partial charge in [-0.15, -0.1) is 0 Å². The van der Waals surface area contributed by atoms with Crippen LogP contribution in [-0.4, -0.2) is 36.3 Å². The topological polar surface area (TPSA) is 49.4 Å². The molecule has 0 aromatic heterocycles. The number of benzene rings is 2. The normalized spacial score (nSPS) is 11.1. The monoisotopic (exact) mass is 392 g/mol. The number of alkyl halides is 3. The molecule has 0 aliphatic heterocycles. The number of amides is 2. The van der Waals surface area contributed by atoms with E-state index in [-0.39, 0.29) is 18.0 Å². The molecule has 4 nitrogen and oxygen atoms in total. The fourth-order valence-electron chi connectivity index (χ4n) is 2.76. The van der Waals surface area contributed by atoms with Crippen molar-refractivity contribution in [1.82, 2.24) is 10.2 Å². The second kappa shape index (κ2) is 9.92. The van der Waals surface area contributed by atoms with Crippen molar-refractivity contribution in [3.05, 3.63) is 71.3 Å². The second-order valence-electron chi connectivity index (χ2n) is 6.43. The zero-order valence-electron chi connectivity index (χ0n) is 15.6. The number of rotatable bonds is 8. The van der Waals surface area contributed by atoms with Crippen molar-refractivity contribution in [2.24, 2.45) is 0 Å². The fraction of sp³-hybridized carbons (Fsp3) is 0.333. The van der Waals surface area contributed by atoms with Crippen molar-refractivity contribution in [2.45, 2.75) is 25.9 Å². The van der Waals surface area contributed by atoms with Crippen LogP contribution < -0.4 is 5.32 Å². The van der Waals surface area contributed by atoms with E-state index >= 15 is 0 Å². The van der Waals surface area contributed by atoms with Crippen molar-refractivity contribution >= 4 is 11.8 Å². The first kappa shape index (κ1) is 21.5. The molecule has 7 heteroatoms. The van der Waals surface area contributed by atoms with Crippen LogP contribution in [0.25, 0.3) is 0 Å². The summed E-state index contributed by atoms with van der Waals surface area (Å²) in [6.45, 7) is 2.61. The van der Waals surface area contributed by atoms with Gasteiger partial charge in [-0.2, -0.15) is 13.2 Å². The number of aryl methyl sites for hydroxylation is 1. The average molecular weight is 392 g/mol. The highest BCUT2D eigenvalue weighted by atomic mass is 19.4. The van der Waals surface area contributed by atoms with Gasteiger partial charge >= 0.3 is 6.18 Å². The summed E-state index contributed by atoms with van der Waals surface area (Å²) >= 11 is 0. The summed E-state index contributed by atoms with van der Waals surface area (Å²) in [5.41, 5.74) is 0.540. The number of nitrogens with one attached hydrogen (secondary N) is 1. The third-order valence-corrected chi connectivity index (χ3v) is 4.32. The molecule has 0 radical (unpaired) electrons. The van der Waals surface area contributed by atoms with Crippen molar-refractivity contribution in [3.8, 4) is 0 Å². The van der Waals surface area contributed by atoms with Gasteiger partial charge in [0.2, 0.25) is 5.91 Å². The molecule has 0 fully saturated rings. The average Bonchev–Trinajstić information content (AvgIpc) is 2.66. The van der Waals surface area contributed by atoms with Gasteiger partial charge in [-0.1, -0.05) is 30.3 Å². The molecule has 2 aromatic rings. The Balaban J connectivity index is 1.78. The molecule has 0 aliphatic carbocycles. The quantitative estimate of drug-likeness (QED) is 0.740. The van der Waals surface area contributed by atoms with Gasteiger partial charge in [0.15, 0.2) is 0 Å². The molecular weight excluding hydrogens is 369 g/mol. The minimum absolute atomic E-state index is 0.0863. The van der Waals surface area contributed by atoms with Crippen molar-refractivity contribution < 1.29 is 22.8 Å². The first-order valence-corrected chi connectivity index (χ1v) is 9.02. The summed E-state index contributed by atoms with van der Waals surface area (Å²) in [4.78, 5) is 25.5. The lowest BCUT2D eigenvalue weighted by Crippen LogP contribution is -2.38. The molecular formula is C21H23F3N2O2. The first-order valence-electron chi connectivity index (χ1n) is 9.02. The van der Waals surface area contributed by atoms with Crippen LogP contribution in [0, 0.1) is 0 Å². The van der Waals surface area contributed by atoms with E-state index in [0.717, 1.165) is 37.1 Å². The van der Waals surface area contributed by atoms with E-state index < -0.39 is 17.6 Å². The van der Waals surface area contributed by atoms with Crippen LogP contribution in [0.2, 0.25) is 0 Å². The van der Waals surface area contributed by atoms with Crippen molar-refractivity contribution in [2.75, 3.05) is 19.6 Å². The van der Waals surface area contributed by atoms with E-state index in [1.165, 1.54) is 12.5 Å². The molecule has 0 saturated heterocycles. The summed E-state index contributed by atoms with van der Waals surface area (Å²) in [5.74, 6) is -0.557. The standard InChI is InChI=1S/C21H23F3N2O2/c1-16(27)26(14-5-8-17-6-3-2-4-7-17)15-13-25-20(28)18-9-11-19(12-10-18)21(22,23)24/h2-4,6-7,9-12H,5,8,13-15H2,1H3,(H,25,28). The van der Waals surface area contributed by atoms with Crippen LogP contribution in [0.1, 0.15) is 34.8 Å². The van der Waals surface area contributed by atoms with Gasteiger partial charge in [0.05, 0.1) is 5.56 Å². The Kier molecular flexibility index (Phi) is 7.61. The van der Waals surface area contributed by atoms with E-state index in [1.807, 2.05) is 30.3 Å². The van der Waals surface area contributed by atoms with Crippen LogP contribution in [-0.2, 0) is 17.4 Å². The van der Waals surface area contributed by atoms with E-state index in [2.05, 4.69) is 5.32 Å². The maximum atomic E-state index is 12.6. The smallest absolute Gasteiger partial charge is 0.350 e. The predicted molar refractivity (Wildman–Crippen MR) is 101 cm³/mol. The molecule has 0 bridgehead atoms. The SMILES string of the molecule is CC(=O)N(CCCc1ccccc1)CCNC(=O)c1ccc(C(F)(F)F)cc1. The van der Waals surface area contributed by atoms with Crippen LogP contribution in [0.3, 0.4) is 0 Å². The fourth-order valence-corrected chi connectivity index (χ4v) is 2.76. The van der Waals surface area contributed by atoms with Gasteiger partial charge in [-0.05, 0) is 42.7 Å². The molecule has 0 heterocycles. The summed E-state index contributed by atoms with van der Waals surface area (Å²) in [6.07, 6.45) is -2.78. The zero-order valence-corrected chi connectivity index (χ0v) is 15.6. The lowest BCUT2D eigenvalue weighted by atomic mass is 10.1. The molecule has 2 aromatic carbocycles. The first-order chi connectivity index (χ1) is 13.3. The Morgan fingerprint density at radius 2 is 1.61 bits per heavy atom. The Morgan fingerprint density at radius 3 is 2.18 bits per heavy atom. The zero-order chi connectivity index (χ0) is 20.6. The number of carbonyl (C=O) groups is 2. The molecule has 150 valence electrons. The third-order valence-electron chi connectivity index (χ3n) is 4.32. The lowest BCUT2D eigenvalue weighted by Gasteiger charge is -2.21. The number of hydrogen-bond acceptors (Lipinski definition) is 2. The third kappa shape index (κ3) is 6.72. The lowest BCUT2D eigenvalue weighted by molar-refractivity contribution is -0.137. The van der Waals surface area contributed by atoms with Crippen LogP contribution >= 0.6 is 0 Å². The van der Waals surface area contributed by atoms with E-state index in [0.29, 0.717) is 13.1 Å². The number of nitrogens with zero attached hydrogens (tertiary/aromatic N) is 1. The van der Waals surface area contributed by atoms with E-state index in [9.17, 15) is 22.8 Å². The Bertz CT molecular complexity index is 774. The van der Waals surface area contributed by atoms with Crippen LogP contribution in [0.4, 0.5) is 13.2 Å². The molecule has 2 rings (SSSR count). The molecule has 0 unspecified atom stereocenters. The highest BCUT2D eigenvalue weighted by Gasteiger charge is 2.30. The molecule has 0 aliphatic rings. The molecule has 1 N–H and O–H groups in total. The summed E-state index contributed by atoms with van der Waals surface area (Å²) in [7, 11) is 0. The van der Waals surface area contributed by atoms with E-state index in [4.69, 9.17) is 0 Å². The van der Waals surface area contributed by atoms with Gasteiger partial charge in [-0.25, -0.2) is 0 Å². The maximum absolute atomic E-state index is 12.6. The molecule has 2 amide bonds. The Morgan fingerprint density at radius 1 is 0.964 bits per heavy atom. The van der Waals surface area contributed by atoms with Gasteiger partial charge < -0.3 is 10.2 Å². The van der Waals surface area contributed by atoms with Gasteiger partial charge in [-0.3, -0.25) is 9.59 Å². The summed E-state index contributed by atoms with van der Waals surface area (Å²) in [6, 6.07) is 14.0. The van der Waals surface area contributed by atoms with Crippen molar-refractivity contribution in [1.29, 1.82) is 0 Å². The van der Waals surface area contributed by atoms with Gasteiger partial charge in [0, 0.05) is 32.1 Å². The maximum Gasteiger partial charge on any atom is 0.416 e. The summed E-state index contributed by atoms with van der Waals surface area (Å²) in [5, 5.41) is 2.64. The van der Waals surface area contributed by atoms with Gasteiger partial charge in [0.25, 0.3) is 5.91 Å². The molecule has 0 saturated carbocycles. The molecule has 0 spiro atoms. The van der Waals surface area contributed by atoms with Crippen molar-refractivity contribution in [3.63, 3.8) is 0 Å². The Labute approximate surface area is 162 Å². The predicted octanol–water partition coefficient (Wildman–Crippen LogP) is 3.92. The minimum Gasteiger partial charge on any atom is -0.350 e. The number of halogens is 3. The number of hydrogen-bond donors (Lipinski definition) is 1. The highest BCUT2D eigenvalue weighted by Crippen LogP contribution is 2.29. The van der Waals surface area contributed by atoms with E-state index in [1.54, 1.807) is 4.90 Å². The highest BCUT2D eigenvalue weighted by molar-refractivity contribution is 5.94. The van der Waals surface area contributed by atoms with Crippen LogP contribution in [0.5, 0.6) is 0 Å². The van der Waals surface area contributed by atoms with Gasteiger partial charge in [0.1, 0.15) is 0 Å². The number of carbonyl (C=O) groups excluding carboxylic acids is 2. The molecule has 28 heavy (non-hydrogen) atoms. The molecule has 0 atom stereocenters. The Hall–Kier alpha value is -2.83. The van der Waals surface area contributed by atoms with Crippen LogP contribution in [0.15, 0.2) is 54.6 Å². The summed E-state index contributed by atoms with van der Waals surface area (Å²) < 4.78 is 37.7. The second-order valence-corrected chi connectivity index (χ2v) is 6.43. The largest absolute Gasteiger partial charge is 0.416 e.